The molecule has 3 aromatic rings. The van der Waals surface area contributed by atoms with Crippen molar-refractivity contribution in [2.45, 2.75) is 0 Å². The Labute approximate surface area is 137 Å². The van der Waals surface area contributed by atoms with E-state index < -0.39 is 0 Å². The lowest BCUT2D eigenvalue weighted by Crippen LogP contribution is -1.85. The summed E-state index contributed by atoms with van der Waals surface area (Å²) in [5, 5.41) is 10.2. The summed E-state index contributed by atoms with van der Waals surface area (Å²) >= 11 is 0. The highest BCUT2D eigenvalue weighted by atomic mass is 16.3. The van der Waals surface area contributed by atoms with Gasteiger partial charge in [-0.2, -0.15) is 0 Å². The summed E-state index contributed by atoms with van der Waals surface area (Å²) in [4.78, 5) is 0. The monoisotopic (exact) mass is 300 g/mol. The molecule has 0 spiro atoms. The van der Waals surface area contributed by atoms with Crippen molar-refractivity contribution in [1.82, 2.24) is 0 Å². The van der Waals surface area contributed by atoms with Gasteiger partial charge >= 0.3 is 0 Å². The Morgan fingerprint density at radius 3 is 1.65 bits per heavy atom. The molecule has 3 rings (SSSR count). The molecule has 0 saturated carbocycles. The second kappa shape index (κ2) is 8.40. The molecule has 1 nitrogen and oxygen atoms in total. The van der Waals surface area contributed by atoms with Gasteiger partial charge in [0.05, 0.1) is 0 Å². The van der Waals surface area contributed by atoms with E-state index in [9.17, 15) is 5.11 Å². The molecular weight excluding hydrogens is 280 g/mol. The van der Waals surface area contributed by atoms with E-state index in [1.165, 1.54) is 0 Å². The molecule has 0 bridgehead atoms. The maximum atomic E-state index is 10.2. The number of benzene rings is 3. The molecular formula is C22H20O. The Kier molecular flexibility index (Phi) is 5.96. The van der Waals surface area contributed by atoms with Crippen LogP contribution in [0.2, 0.25) is 0 Å². The van der Waals surface area contributed by atoms with Crippen LogP contribution in [-0.2, 0) is 0 Å². The second-order valence-electron chi connectivity index (χ2n) is 4.90. The van der Waals surface area contributed by atoms with Crippen molar-refractivity contribution in [3.05, 3.63) is 104 Å². The predicted molar refractivity (Wildman–Crippen MR) is 99.4 cm³/mol. The molecule has 0 saturated heterocycles. The molecule has 1 heteroatoms. The van der Waals surface area contributed by atoms with E-state index in [0.717, 1.165) is 22.3 Å². The highest BCUT2D eigenvalue weighted by Crippen LogP contribution is 2.38. The van der Waals surface area contributed by atoms with E-state index >= 15 is 0 Å². The average molecular weight is 300 g/mol. The Hall–Kier alpha value is -3.06. The van der Waals surface area contributed by atoms with E-state index in [1.54, 1.807) is 18.2 Å². The van der Waals surface area contributed by atoms with Gasteiger partial charge in [0.2, 0.25) is 0 Å². The maximum absolute atomic E-state index is 10.2. The van der Waals surface area contributed by atoms with Crippen molar-refractivity contribution in [3.63, 3.8) is 0 Å². The van der Waals surface area contributed by atoms with Gasteiger partial charge in [0.25, 0.3) is 0 Å². The first kappa shape index (κ1) is 16.3. The number of phenols is 1. The number of phenolic OH excluding ortho intramolecular Hbond substituents is 1. The van der Waals surface area contributed by atoms with Crippen LogP contribution in [0.15, 0.2) is 104 Å². The topological polar surface area (TPSA) is 20.2 Å². The van der Waals surface area contributed by atoms with Crippen molar-refractivity contribution < 1.29 is 5.11 Å². The average Bonchev–Trinajstić information content (AvgIpc) is 2.63. The highest BCUT2D eigenvalue weighted by molar-refractivity contribution is 5.87. The van der Waals surface area contributed by atoms with Crippen LogP contribution in [-0.4, -0.2) is 5.11 Å². The van der Waals surface area contributed by atoms with Crippen molar-refractivity contribution in [2.24, 2.45) is 0 Å². The Bertz CT molecular complexity index is 752. The van der Waals surface area contributed by atoms with Gasteiger partial charge in [-0.05, 0) is 22.8 Å². The molecule has 23 heavy (non-hydrogen) atoms. The quantitative estimate of drug-likeness (QED) is 0.581. The number of allylic oxidation sites excluding steroid dienone is 2. The van der Waals surface area contributed by atoms with Crippen LogP contribution in [0.4, 0.5) is 0 Å². The van der Waals surface area contributed by atoms with Crippen LogP contribution in [0.1, 0.15) is 0 Å². The maximum Gasteiger partial charge on any atom is 0.124 e. The zero-order chi connectivity index (χ0) is 16.5. The van der Waals surface area contributed by atoms with Gasteiger partial charge in [0, 0.05) is 5.56 Å². The number of aromatic hydroxyl groups is 1. The number of rotatable bonds is 3. The third-order valence-electron chi connectivity index (χ3n) is 3.36. The van der Waals surface area contributed by atoms with Crippen LogP contribution in [0.3, 0.4) is 0 Å². The number of hydrogen-bond acceptors (Lipinski definition) is 1. The predicted octanol–water partition coefficient (Wildman–Crippen LogP) is 6.08. The number of hydrogen-bond donors (Lipinski definition) is 1. The van der Waals surface area contributed by atoms with E-state index in [2.05, 4.69) is 25.3 Å². The van der Waals surface area contributed by atoms with Crippen LogP contribution in [0.5, 0.6) is 5.75 Å². The fraction of sp³-hybridized carbons (Fsp3) is 0. The fourth-order valence-corrected chi connectivity index (χ4v) is 2.31. The van der Waals surface area contributed by atoms with E-state index in [4.69, 9.17) is 0 Å². The van der Waals surface area contributed by atoms with Crippen LogP contribution >= 0.6 is 0 Å². The second-order valence-corrected chi connectivity index (χ2v) is 4.90. The summed E-state index contributed by atoms with van der Waals surface area (Å²) in [7, 11) is 0. The van der Waals surface area contributed by atoms with Gasteiger partial charge in [-0.15, -0.1) is 0 Å². The minimum absolute atomic E-state index is 0.313. The standard InChI is InChI=1S/C18H14O.C4H6/c19-17-13-7-12-16(14-8-3-1-4-9-14)18(17)15-10-5-2-6-11-15;1-3-4-2/h1-13,19H;3-4H,1-2H2. The van der Waals surface area contributed by atoms with Gasteiger partial charge in [-0.3, -0.25) is 0 Å². The minimum atomic E-state index is 0.313. The zero-order valence-corrected chi connectivity index (χ0v) is 13.0. The summed E-state index contributed by atoms with van der Waals surface area (Å²) < 4.78 is 0. The summed E-state index contributed by atoms with van der Waals surface area (Å²) in [6.07, 6.45) is 3.28. The smallest absolute Gasteiger partial charge is 0.124 e. The first-order valence-corrected chi connectivity index (χ1v) is 7.44. The minimum Gasteiger partial charge on any atom is -0.507 e. The summed E-state index contributed by atoms with van der Waals surface area (Å²) in [5.74, 6) is 0.313. The first-order valence-electron chi connectivity index (χ1n) is 7.44. The molecule has 0 atom stereocenters. The lowest BCUT2D eigenvalue weighted by Gasteiger charge is -2.12. The molecule has 0 aliphatic heterocycles. The lowest BCUT2D eigenvalue weighted by molar-refractivity contribution is 0.477. The summed E-state index contributed by atoms with van der Waals surface area (Å²) in [5.41, 5.74) is 4.07. The molecule has 3 aromatic carbocycles. The molecule has 0 fully saturated rings. The molecule has 0 amide bonds. The zero-order valence-electron chi connectivity index (χ0n) is 13.0. The Morgan fingerprint density at radius 1 is 0.609 bits per heavy atom. The van der Waals surface area contributed by atoms with Crippen molar-refractivity contribution >= 4 is 0 Å². The molecule has 0 heterocycles. The third-order valence-corrected chi connectivity index (χ3v) is 3.36. The van der Waals surface area contributed by atoms with Gasteiger partial charge in [-0.1, -0.05) is 98.1 Å². The SMILES string of the molecule is C=CC=C.Oc1cccc(-c2ccccc2)c1-c1ccccc1. The summed E-state index contributed by atoms with van der Waals surface area (Å²) in [6.45, 7) is 6.72. The fourth-order valence-electron chi connectivity index (χ4n) is 2.31. The van der Waals surface area contributed by atoms with Gasteiger partial charge in [0.15, 0.2) is 0 Å². The lowest BCUT2D eigenvalue weighted by atomic mass is 9.94. The first-order chi connectivity index (χ1) is 11.3. The highest BCUT2D eigenvalue weighted by Gasteiger charge is 2.10. The van der Waals surface area contributed by atoms with E-state index in [-0.39, 0.29) is 0 Å². The van der Waals surface area contributed by atoms with Crippen molar-refractivity contribution in [1.29, 1.82) is 0 Å². The molecule has 0 aliphatic rings. The van der Waals surface area contributed by atoms with Crippen molar-refractivity contribution in [2.75, 3.05) is 0 Å². The van der Waals surface area contributed by atoms with Crippen LogP contribution in [0.25, 0.3) is 22.3 Å². The largest absolute Gasteiger partial charge is 0.507 e. The van der Waals surface area contributed by atoms with Gasteiger partial charge in [-0.25, -0.2) is 0 Å². The van der Waals surface area contributed by atoms with Crippen LogP contribution in [0, 0.1) is 0 Å². The van der Waals surface area contributed by atoms with Crippen molar-refractivity contribution in [3.8, 4) is 28.0 Å². The van der Waals surface area contributed by atoms with Gasteiger partial charge < -0.3 is 5.11 Å². The Morgan fingerprint density at radius 2 is 1.13 bits per heavy atom. The molecule has 0 radical (unpaired) electrons. The van der Waals surface area contributed by atoms with Gasteiger partial charge in [0.1, 0.15) is 5.75 Å². The van der Waals surface area contributed by atoms with Crippen LogP contribution < -0.4 is 0 Å². The molecule has 0 aliphatic carbocycles. The molecule has 0 unspecified atom stereocenters. The Balaban J connectivity index is 0.000000433. The molecule has 114 valence electrons. The molecule has 1 N–H and O–H groups in total. The summed E-state index contributed by atoms with van der Waals surface area (Å²) in [6, 6.07) is 25.7. The molecule has 0 aromatic heterocycles. The van der Waals surface area contributed by atoms with E-state index in [0.29, 0.717) is 5.75 Å². The van der Waals surface area contributed by atoms with E-state index in [1.807, 2.05) is 60.7 Å². The normalized spacial score (nSPS) is 9.39. The third kappa shape index (κ3) is 4.21.